The average Bonchev–Trinajstić information content (AvgIpc) is 3.04. The first-order chi connectivity index (χ1) is 8.40. The lowest BCUT2D eigenvalue weighted by Gasteiger charge is -2.21. The van der Waals surface area contributed by atoms with E-state index in [1.165, 1.54) is 30.5 Å². The fourth-order valence-electron chi connectivity index (χ4n) is 3.45. The van der Waals surface area contributed by atoms with Crippen LogP contribution in [-0.2, 0) is 17.6 Å². The van der Waals surface area contributed by atoms with Crippen LogP contribution in [0.25, 0.3) is 0 Å². The number of aryl methyl sites for hydroxylation is 1. The van der Waals surface area contributed by atoms with Crippen molar-refractivity contribution in [3.8, 4) is 0 Å². The molecule has 2 aliphatic heterocycles. The van der Waals surface area contributed by atoms with Crippen LogP contribution in [0.5, 0.6) is 0 Å². The van der Waals surface area contributed by atoms with Crippen molar-refractivity contribution in [2.24, 2.45) is 0 Å². The van der Waals surface area contributed by atoms with Gasteiger partial charge in [-0.2, -0.15) is 0 Å². The molecule has 4 rings (SSSR count). The molecule has 4 nitrogen and oxygen atoms in total. The zero-order valence-electron chi connectivity index (χ0n) is 9.85. The second-order valence-electron chi connectivity index (χ2n) is 5.36. The summed E-state index contributed by atoms with van der Waals surface area (Å²) in [7, 11) is 0. The van der Waals surface area contributed by atoms with Crippen LogP contribution in [0.2, 0.25) is 0 Å². The van der Waals surface area contributed by atoms with Gasteiger partial charge in [-0.15, -0.1) is 0 Å². The Hall–Kier alpha value is -1.16. The van der Waals surface area contributed by atoms with Gasteiger partial charge in [0.2, 0.25) is 0 Å². The molecule has 0 saturated carbocycles. The Labute approximate surface area is 101 Å². The van der Waals surface area contributed by atoms with Gasteiger partial charge in [0.25, 0.3) is 0 Å². The molecule has 4 heteroatoms. The highest BCUT2D eigenvalue weighted by atomic mass is 16.5. The minimum Gasteiger partial charge on any atom is -0.373 e. The van der Waals surface area contributed by atoms with Crippen LogP contribution in [0, 0.1) is 0 Å². The molecule has 90 valence electrons. The number of rotatable bonds is 2. The maximum atomic E-state index is 5.87. The van der Waals surface area contributed by atoms with Crippen LogP contribution in [0.15, 0.2) is 6.33 Å². The molecule has 0 amide bonds. The average molecular weight is 231 g/mol. The van der Waals surface area contributed by atoms with Crippen molar-refractivity contribution in [2.75, 3.05) is 5.32 Å². The third kappa shape index (κ3) is 1.54. The molecule has 17 heavy (non-hydrogen) atoms. The number of fused-ring (bicyclic) bond motifs is 3. The van der Waals surface area contributed by atoms with E-state index in [1.807, 2.05) is 0 Å². The number of nitrogens with one attached hydrogen (secondary N) is 1. The number of hydrogen-bond acceptors (Lipinski definition) is 4. The lowest BCUT2D eigenvalue weighted by atomic mass is 9.95. The molecule has 0 spiro atoms. The predicted octanol–water partition coefficient (Wildman–Crippen LogP) is 1.70. The Morgan fingerprint density at radius 1 is 1.24 bits per heavy atom. The molecule has 1 aromatic rings. The lowest BCUT2D eigenvalue weighted by Crippen LogP contribution is -2.31. The minimum absolute atomic E-state index is 0.409. The van der Waals surface area contributed by atoms with Gasteiger partial charge in [-0.1, -0.05) is 0 Å². The van der Waals surface area contributed by atoms with E-state index in [9.17, 15) is 0 Å². The minimum atomic E-state index is 0.409. The third-order valence-corrected chi connectivity index (χ3v) is 4.30. The second-order valence-corrected chi connectivity index (χ2v) is 5.36. The van der Waals surface area contributed by atoms with Crippen LogP contribution >= 0.6 is 0 Å². The molecule has 2 bridgehead atoms. The summed E-state index contributed by atoms with van der Waals surface area (Å²) in [6, 6.07) is 0.466. The highest BCUT2D eigenvalue weighted by Gasteiger charge is 2.41. The maximum Gasteiger partial charge on any atom is 0.133 e. The molecule has 3 atom stereocenters. The summed E-state index contributed by atoms with van der Waals surface area (Å²) in [5.74, 6) is 1.06. The fraction of sp³-hybridized carbons (Fsp3) is 0.692. The maximum absolute atomic E-state index is 5.87. The summed E-state index contributed by atoms with van der Waals surface area (Å²) in [5.41, 5.74) is 2.59. The summed E-state index contributed by atoms with van der Waals surface area (Å²) >= 11 is 0. The van der Waals surface area contributed by atoms with Crippen molar-refractivity contribution in [1.82, 2.24) is 9.97 Å². The number of aromatic nitrogens is 2. The number of anilines is 1. The molecular weight excluding hydrogens is 214 g/mol. The highest BCUT2D eigenvalue weighted by Crippen LogP contribution is 2.36. The molecular formula is C13H17N3O. The van der Waals surface area contributed by atoms with Crippen molar-refractivity contribution in [2.45, 2.75) is 56.8 Å². The summed E-state index contributed by atoms with van der Waals surface area (Å²) < 4.78 is 5.87. The van der Waals surface area contributed by atoms with Gasteiger partial charge in [-0.05, 0) is 38.5 Å². The topological polar surface area (TPSA) is 47.0 Å². The van der Waals surface area contributed by atoms with Crippen molar-refractivity contribution < 1.29 is 4.74 Å². The molecule has 3 unspecified atom stereocenters. The van der Waals surface area contributed by atoms with Gasteiger partial charge >= 0.3 is 0 Å². The van der Waals surface area contributed by atoms with Crippen LogP contribution in [0.3, 0.4) is 0 Å². The third-order valence-electron chi connectivity index (χ3n) is 4.30. The van der Waals surface area contributed by atoms with E-state index in [-0.39, 0.29) is 0 Å². The molecule has 2 saturated heterocycles. The van der Waals surface area contributed by atoms with Gasteiger partial charge in [-0.3, -0.25) is 0 Å². The molecule has 2 fully saturated rings. The van der Waals surface area contributed by atoms with E-state index < -0.39 is 0 Å². The van der Waals surface area contributed by atoms with Crippen molar-refractivity contribution >= 4 is 5.82 Å². The van der Waals surface area contributed by atoms with Gasteiger partial charge in [0.1, 0.15) is 12.1 Å². The zero-order valence-corrected chi connectivity index (χ0v) is 9.85. The van der Waals surface area contributed by atoms with E-state index in [0.29, 0.717) is 18.2 Å². The molecule has 3 heterocycles. The van der Waals surface area contributed by atoms with Crippen LogP contribution in [0.1, 0.15) is 36.9 Å². The van der Waals surface area contributed by atoms with Gasteiger partial charge in [0.15, 0.2) is 0 Å². The molecule has 0 aromatic carbocycles. The highest BCUT2D eigenvalue weighted by molar-refractivity contribution is 5.49. The van der Waals surface area contributed by atoms with Crippen LogP contribution in [0.4, 0.5) is 5.82 Å². The van der Waals surface area contributed by atoms with Gasteiger partial charge in [-0.25, -0.2) is 9.97 Å². The van der Waals surface area contributed by atoms with Gasteiger partial charge in [0.05, 0.1) is 18.2 Å². The molecule has 1 aromatic heterocycles. The standard InChI is InChI=1S/C13H17N3O/c1-2-9-10(3-1)14-7-15-13(9)16-11-6-8-4-5-12(11)17-8/h7-8,11-12H,1-6H2,(H,14,15,16). The number of ether oxygens (including phenoxy) is 1. The summed E-state index contributed by atoms with van der Waals surface area (Å²) in [6.45, 7) is 0. The first kappa shape index (κ1) is 9.83. The molecule has 3 aliphatic rings. The van der Waals surface area contributed by atoms with E-state index in [4.69, 9.17) is 4.74 Å². The van der Waals surface area contributed by atoms with Crippen molar-refractivity contribution in [1.29, 1.82) is 0 Å². The van der Waals surface area contributed by atoms with Gasteiger partial charge in [0, 0.05) is 11.3 Å². The van der Waals surface area contributed by atoms with Gasteiger partial charge < -0.3 is 10.1 Å². The largest absolute Gasteiger partial charge is 0.373 e. The van der Waals surface area contributed by atoms with E-state index in [2.05, 4.69) is 15.3 Å². The molecule has 0 radical (unpaired) electrons. The Balaban J connectivity index is 1.58. The van der Waals surface area contributed by atoms with E-state index in [0.717, 1.165) is 25.1 Å². The number of hydrogen-bond donors (Lipinski definition) is 1. The predicted molar refractivity (Wildman–Crippen MR) is 64.0 cm³/mol. The first-order valence-electron chi connectivity index (χ1n) is 6.65. The van der Waals surface area contributed by atoms with Crippen LogP contribution < -0.4 is 5.32 Å². The summed E-state index contributed by atoms with van der Waals surface area (Å²) in [5, 5.41) is 3.60. The van der Waals surface area contributed by atoms with Crippen molar-refractivity contribution in [3.63, 3.8) is 0 Å². The normalized spacial score (nSPS) is 34.0. The summed E-state index contributed by atoms with van der Waals surface area (Å²) in [6.07, 6.45) is 9.64. The monoisotopic (exact) mass is 231 g/mol. The van der Waals surface area contributed by atoms with E-state index in [1.54, 1.807) is 6.33 Å². The summed E-state index contributed by atoms with van der Waals surface area (Å²) in [4.78, 5) is 8.78. The van der Waals surface area contributed by atoms with Crippen LogP contribution in [-0.4, -0.2) is 28.2 Å². The van der Waals surface area contributed by atoms with Crippen molar-refractivity contribution in [3.05, 3.63) is 17.6 Å². The smallest absolute Gasteiger partial charge is 0.133 e. The Morgan fingerprint density at radius 2 is 2.24 bits per heavy atom. The second kappa shape index (κ2) is 3.67. The quantitative estimate of drug-likeness (QED) is 0.841. The van der Waals surface area contributed by atoms with E-state index >= 15 is 0 Å². The fourth-order valence-corrected chi connectivity index (χ4v) is 3.45. The Kier molecular flexibility index (Phi) is 2.12. The number of nitrogens with zero attached hydrogens (tertiary/aromatic N) is 2. The Morgan fingerprint density at radius 3 is 3.06 bits per heavy atom. The molecule has 1 aliphatic carbocycles. The molecule has 1 N–H and O–H groups in total. The SMILES string of the molecule is c1nc2c(c(NC3CC4CCC3O4)n1)CCC2. The first-order valence-corrected chi connectivity index (χ1v) is 6.65. The Bertz CT molecular complexity index is 448. The zero-order chi connectivity index (χ0) is 11.2. The lowest BCUT2D eigenvalue weighted by molar-refractivity contribution is 0.102.